The average Bonchev–Trinajstić information content (AvgIpc) is 2.69. The highest BCUT2D eigenvalue weighted by molar-refractivity contribution is 5.81. The van der Waals surface area contributed by atoms with Gasteiger partial charge >= 0.3 is 0 Å². The molecule has 2 aliphatic rings. The standard InChI is InChI=1S/C15H28N2O/c18-15(14-9-5-2-6-11-16-14)17-12-10-13-7-3-1-4-8-13/h13-14,16H,1-12H2,(H,17,18). The van der Waals surface area contributed by atoms with Crippen LogP contribution in [0.25, 0.3) is 0 Å². The van der Waals surface area contributed by atoms with Gasteiger partial charge in [0.05, 0.1) is 6.04 Å². The molecule has 1 saturated carbocycles. The van der Waals surface area contributed by atoms with Gasteiger partial charge in [0.2, 0.25) is 5.91 Å². The van der Waals surface area contributed by atoms with Crippen LogP contribution < -0.4 is 10.6 Å². The number of hydrogen-bond donors (Lipinski definition) is 2. The molecular formula is C15H28N2O. The monoisotopic (exact) mass is 252 g/mol. The summed E-state index contributed by atoms with van der Waals surface area (Å²) >= 11 is 0. The molecule has 0 bridgehead atoms. The fraction of sp³-hybridized carbons (Fsp3) is 0.933. The van der Waals surface area contributed by atoms with E-state index >= 15 is 0 Å². The molecule has 18 heavy (non-hydrogen) atoms. The maximum atomic E-state index is 12.0. The first-order valence-corrected chi connectivity index (χ1v) is 7.87. The zero-order chi connectivity index (χ0) is 12.6. The van der Waals surface area contributed by atoms with Crippen molar-refractivity contribution in [3.05, 3.63) is 0 Å². The highest BCUT2D eigenvalue weighted by atomic mass is 16.2. The number of amides is 1. The topological polar surface area (TPSA) is 41.1 Å². The number of carbonyl (C=O) groups is 1. The van der Waals surface area contributed by atoms with Gasteiger partial charge in [-0.3, -0.25) is 4.79 Å². The Morgan fingerprint density at radius 3 is 2.56 bits per heavy atom. The van der Waals surface area contributed by atoms with Crippen molar-refractivity contribution in [2.24, 2.45) is 5.92 Å². The quantitative estimate of drug-likeness (QED) is 0.807. The number of rotatable bonds is 4. The minimum Gasteiger partial charge on any atom is -0.355 e. The Hall–Kier alpha value is -0.570. The molecule has 104 valence electrons. The van der Waals surface area contributed by atoms with Crippen LogP contribution in [-0.4, -0.2) is 25.0 Å². The molecule has 1 heterocycles. The molecule has 0 aromatic rings. The van der Waals surface area contributed by atoms with Crippen molar-refractivity contribution in [2.75, 3.05) is 13.1 Å². The van der Waals surface area contributed by atoms with Crippen molar-refractivity contribution >= 4 is 5.91 Å². The van der Waals surface area contributed by atoms with Crippen LogP contribution in [0.4, 0.5) is 0 Å². The van der Waals surface area contributed by atoms with Gasteiger partial charge in [-0.15, -0.1) is 0 Å². The fourth-order valence-electron chi connectivity index (χ4n) is 3.25. The lowest BCUT2D eigenvalue weighted by Crippen LogP contribution is -2.44. The first-order chi connectivity index (χ1) is 8.86. The largest absolute Gasteiger partial charge is 0.355 e. The van der Waals surface area contributed by atoms with Gasteiger partial charge in [0.15, 0.2) is 0 Å². The first-order valence-electron chi connectivity index (χ1n) is 7.87. The Morgan fingerprint density at radius 1 is 1.00 bits per heavy atom. The second-order valence-corrected chi connectivity index (χ2v) is 5.94. The van der Waals surface area contributed by atoms with E-state index in [9.17, 15) is 4.79 Å². The number of carbonyl (C=O) groups excluding carboxylic acids is 1. The van der Waals surface area contributed by atoms with Gasteiger partial charge in [0, 0.05) is 6.54 Å². The van der Waals surface area contributed by atoms with E-state index in [2.05, 4.69) is 10.6 Å². The van der Waals surface area contributed by atoms with Gasteiger partial charge in [0.1, 0.15) is 0 Å². The highest BCUT2D eigenvalue weighted by Gasteiger charge is 2.19. The van der Waals surface area contributed by atoms with Crippen LogP contribution in [-0.2, 0) is 4.79 Å². The maximum absolute atomic E-state index is 12.0. The molecule has 0 spiro atoms. The second kappa shape index (κ2) is 7.78. The third-order valence-corrected chi connectivity index (χ3v) is 4.45. The smallest absolute Gasteiger partial charge is 0.237 e. The summed E-state index contributed by atoms with van der Waals surface area (Å²) < 4.78 is 0. The van der Waals surface area contributed by atoms with E-state index in [1.54, 1.807) is 0 Å². The number of hydrogen-bond acceptors (Lipinski definition) is 2. The molecule has 0 radical (unpaired) electrons. The molecule has 1 amide bonds. The van der Waals surface area contributed by atoms with Crippen LogP contribution in [0.2, 0.25) is 0 Å². The van der Waals surface area contributed by atoms with Crippen molar-refractivity contribution in [3.8, 4) is 0 Å². The molecule has 1 saturated heterocycles. The normalized spacial score (nSPS) is 26.6. The van der Waals surface area contributed by atoms with Crippen molar-refractivity contribution in [1.82, 2.24) is 10.6 Å². The number of nitrogens with one attached hydrogen (secondary N) is 2. The third kappa shape index (κ3) is 4.60. The van der Waals surface area contributed by atoms with E-state index in [1.807, 2.05) is 0 Å². The summed E-state index contributed by atoms with van der Waals surface area (Å²) in [5.41, 5.74) is 0. The zero-order valence-corrected chi connectivity index (χ0v) is 11.5. The van der Waals surface area contributed by atoms with Gasteiger partial charge in [-0.05, 0) is 31.7 Å². The van der Waals surface area contributed by atoms with E-state index < -0.39 is 0 Å². The molecule has 2 N–H and O–H groups in total. The van der Waals surface area contributed by atoms with E-state index in [-0.39, 0.29) is 11.9 Å². The summed E-state index contributed by atoms with van der Waals surface area (Å²) in [5.74, 6) is 1.09. The van der Waals surface area contributed by atoms with Crippen LogP contribution in [0.3, 0.4) is 0 Å². The summed E-state index contributed by atoms with van der Waals surface area (Å²) in [6.45, 7) is 1.88. The molecule has 2 rings (SSSR count). The maximum Gasteiger partial charge on any atom is 0.237 e. The first kappa shape index (κ1) is 13.9. The second-order valence-electron chi connectivity index (χ2n) is 5.94. The van der Waals surface area contributed by atoms with Crippen LogP contribution in [0.5, 0.6) is 0 Å². The molecule has 3 nitrogen and oxygen atoms in total. The Bertz CT molecular complexity index is 241. The predicted molar refractivity (Wildman–Crippen MR) is 74.5 cm³/mol. The molecule has 1 aliphatic heterocycles. The SMILES string of the molecule is O=C(NCCC1CCCCC1)C1CCCCCN1. The summed E-state index contributed by atoms with van der Waals surface area (Å²) in [5, 5.41) is 6.48. The summed E-state index contributed by atoms with van der Waals surface area (Å²) in [7, 11) is 0. The highest BCUT2D eigenvalue weighted by Crippen LogP contribution is 2.25. The van der Waals surface area contributed by atoms with Crippen LogP contribution in [0.15, 0.2) is 0 Å². The van der Waals surface area contributed by atoms with Crippen LogP contribution in [0, 0.1) is 5.92 Å². The minimum atomic E-state index is 0.0684. The molecule has 3 heteroatoms. The van der Waals surface area contributed by atoms with Crippen molar-refractivity contribution in [3.63, 3.8) is 0 Å². The van der Waals surface area contributed by atoms with E-state index in [0.717, 1.165) is 25.4 Å². The van der Waals surface area contributed by atoms with E-state index in [1.165, 1.54) is 57.8 Å². The summed E-state index contributed by atoms with van der Waals surface area (Å²) in [6, 6.07) is 0.0684. The van der Waals surface area contributed by atoms with Crippen LogP contribution >= 0.6 is 0 Å². The van der Waals surface area contributed by atoms with E-state index in [4.69, 9.17) is 0 Å². The molecule has 0 aromatic carbocycles. The van der Waals surface area contributed by atoms with Crippen molar-refractivity contribution < 1.29 is 4.79 Å². The molecule has 0 aromatic heterocycles. The van der Waals surface area contributed by atoms with Gasteiger partial charge in [-0.25, -0.2) is 0 Å². The lowest BCUT2D eigenvalue weighted by molar-refractivity contribution is -0.123. The predicted octanol–water partition coefficient (Wildman–Crippen LogP) is 2.61. The van der Waals surface area contributed by atoms with Crippen molar-refractivity contribution in [2.45, 2.75) is 70.3 Å². The molecule has 1 atom stereocenters. The Kier molecular flexibility index (Phi) is 5.98. The molecule has 2 fully saturated rings. The Labute approximate surface area is 111 Å². The third-order valence-electron chi connectivity index (χ3n) is 4.45. The van der Waals surface area contributed by atoms with Gasteiger partial charge in [-0.1, -0.05) is 44.9 Å². The average molecular weight is 252 g/mol. The Morgan fingerprint density at radius 2 is 1.72 bits per heavy atom. The fourth-order valence-corrected chi connectivity index (χ4v) is 3.25. The lowest BCUT2D eigenvalue weighted by Gasteiger charge is -2.22. The van der Waals surface area contributed by atoms with E-state index in [0.29, 0.717) is 0 Å². The van der Waals surface area contributed by atoms with Gasteiger partial charge in [-0.2, -0.15) is 0 Å². The van der Waals surface area contributed by atoms with Gasteiger partial charge < -0.3 is 10.6 Å². The molecule has 1 aliphatic carbocycles. The van der Waals surface area contributed by atoms with Crippen molar-refractivity contribution in [1.29, 1.82) is 0 Å². The lowest BCUT2D eigenvalue weighted by atomic mass is 9.87. The van der Waals surface area contributed by atoms with Crippen LogP contribution in [0.1, 0.15) is 64.2 Å². The summed E-state index contributed by atoms with van der Waals surface area (Å²) in [6.07, 6.45) is 12.8. The molecular weight excluding hydrogens is 224 g/mol. The summed E-state index contributed by atoms with van der Waals surface area (Å²) in [4.78, 5) is 12.0. The molecule has 1 unspecified atom stereocenters. The van der Waals surface area contributed by atoms with Gasteiger partial charge in [0.25, 0.3) is 0 Å². The Balaban J connectivity index is 1.61. The zero-order valence-electron chi connectivity index (χ0n) is 11.5. The minimum absolute atomic E-state index is 0.0684.